The van der Waals surface area contributed by atoms with E-state index in [1.54, 1.807) is 7.11 Å². The average molecular weight is 305 g/mol. The van der Waals surface area contributed by atoms with Gasteiger partial charge in [-0.2, -0.15) is 0 Å². The largest absolute Gasteiger partial charge is 0.493 e. The number of nitrogens with zero attached hydrogens (tertiary/aromatic N) is 1. The van der Waals surface area contributed by atoms with Gasteiger partial charge >= 0.3 is 0 Å². The van der Waals surface area contributed by atoms with Crippen LogP contribution in [0.2, 0.25) is 0 Å². The van der Waals surface area contributed by atoms with Crippen LogP contribution in [0, 0.1) is 5.92 Å². The van der Waals surface area contributed by atoms with Gasteiger partial charge in [0.25, 0.3) is 0 Å². The van der Waals surface area contributed by atoms with Crippen LogP contribution in [0.15, 0.2) is 30.4 Å². The third-order valence-corrected chi connectivity index (χ3v) is 4.10. The van der Waals surface area contributed by atoms with Gasteiger partial charge in [0.2, 0.25) is 0 Å². The maximum atomic E-state index is 9.70. The Morgan fingerprint density at radius 2 is 2.23 bits per heavy atom. The fourth-order valence-corrected chi connectivity index (χ4v) is 2.79. The minimum atomic E-state index is -0.227. The van der Waals surface area contributed by atoms with Crippen molar-refractivity contribution in [3.63, 3.8) is 0 Å². The predicted octanol–water partition coefficient (Wildman–Crippen LogP) is 2.85. The van der Waals surface area contributed by atoms with E-state index >= 15 is 0 Å². The standard InChI is InChI=1S/C18H27NO3/c1-13(2)12-22-18-9-15(5-6-17(18)21-4)10-19-8-7-16(11-19)14(3)20/h5-6,9,14,16,20H,1,7-8,10-12H2,2-4H3. The van der Waals surface area contributed by atoms with Gasteiger partial charge < -0.3 is 14.6 Å². The molecule has 1 N–H and O–H groups in total. The van der Waals surface area contributed by atoms with Crippen LogP contribution in [0.25, 0.3) is 0 Å². The van der Waals surface area contributed by atoms with Gasteiger partial charge in [0.15, 0.2) is 11.5 Å². The summed E-state index contributed by atoms with van der Waals surface area (Å²) in [4.78, 5) is 2.38. The molecule has 0 amide bonds. The van der Waals surface area contributed by atoms with Crippen molar-refractivity contribution in [2.24, 2.45) is 5.92 Å². The quantitative estimate of drug-likeness (QED) is 0.787. The van der Waals surface area contributed by atoms with Crippen LogP contribution in [0.1, 0.15) is 25.8 Å². The monoisotopic (exact) mass is 305 g/mol. The Balaban J connectivity index is 2.02. The van der Waals surface area contributed by atoms with Crippen molar-refractivity contribution in [3.8, 4) is 11.5 Å². The number of methoxy groups -OCH3 is 1. The fourth-order valence-electron chi connectivity index (χ4n) is 2.79. The van der Waals surface area contributed by atoms with Crippen LogP contribution in [-0.4, -0.2) is 42.9 Å². The summed E-state index contributed by atoms with van der Waals surface area (Å²) >= 11 is 0. The molecule has 4 nitrogen and oxygen atoms in total. The summed E-state index contributed by atoms with van der Waals surface area (Å²) in [7, 11) is 1.65. The van der Waals surface area contributed by atoms with Crippen molar-refractivity contribution in [2.75, 3.05) is 26.8 Å². The van der Waals surface area contributed by atoms with E-state index in [9.17, 15) is 5.11 Å². The first-order valence-electron chi connectivity index (χ1n) is 7.84. The van der Waals surface area contributed by atoms with Crippen molar-refractivity contribution < 1.29 is 14.6 Å². The van der Waals surface area contributed by atoms with E-state index in [-0.39, 0.29) is 6.10 Å². The summed E-state index contributed by atoms with van der Waals surface area (Å²) < 4.78 is 11.1. The lowest BCUT2D eigenvalue weighted by Gasteiger charge is -2.18. The van der Waals surface area contributed by atoms with E-state index in [1.165, 1.54) is 5.56 Å². The molecule has 0 radical (unpaired) electrons. The molecule has 1 aliphatic rings. The van der Waals surface area contributed by atoms with Crippen LogP contribution in [0.4, 0.5) is 0 Å². The van der Waals surface area contributed by atoms with Gasteiger partial charge in [0.1, 0.15) is 6.61 Å². The van der Waals surface area contributed by atoms with E-state index in [4.69, 9.17) is 9.47 Å². The molecule has 0 saturated carbocycles. The van der Waals surface area contributed by atoms with Crippen molar-refractivity contribution in [1.29, 1.82) is 0 Å². The Labute approximate surface area is 133 Å². The Morgan fingerprint density at radius 1 is 1.45 bits per heavy atom. The normalized spacial score (nSPS) is 19.9. The minimum absolute atomic E-state index is 0.227. The van der Waals surface area contributed by atoms with Crippen LogP contribution in [-0.2, 0) is 6.54 Å². The smallest absolute Gasteiger partial charge is 0.161 e. The van der Waals surface area contributed by atoms with Crippen molar-refractivity contribution in [2.45, 2.75) is 32.9 Å². The number of hydrogen-bond acceptors (Lipinski definition) is 4. The minimum Gasteiger partial charge on any atom is -0.493 e. The van der Waals surface area contributed by atoms with Crippen LogP contribution in [0.5, 0.6) is 11.5 Å². The van der Waals surface area contributed by atoms with Gasteiger partial charge in [-0.25, -0.2) is 0 Å². The van der Waals surface area contributed by atoms with Crippen molar-refractivity contribution in [1.82, 2.24) is 4.90 Å². The summed E-state index contributed by atoms with van der Waals surface area (Å²) in [5, 5.41) is 9.70. The zero-order chi connectivity index (χ0) is 16.1. The van der Waals surface area contributed by atoms with E-state index in [1.807, 2.05) is 26.0 Å². The maximum absolute atomic E-state index is 9.70. The number of aliphatic hydroxyl groups is 1. The second-order valence-electron chi connectivity index (χ2n) is 6.26. The van der Waals surface area contributed by atoms with Crippen molar-refractivity contribution in [3.05, 3.63) is 35.9 Å². The number of aliphatic hydroxyl groups excluding tert-OH is 1. The maximum Gasteiger partial charge on any atom is 0.161 e. The summed E-state index contributed by atoms with van der Waals surface area (Å²) in [6.45, 7) is 11.0. The zero-order valence-corrected chi connectivity index (χ0v) is 13.8. The number of hydrogen-bond donors (Lipinski definition) is 1. The topological polar surface area (TPSA) is 41.9 Å². The van der Waals surface area contributed by atoms with Gasteiger partial charge in [-0.15, -0.1) is 0 Å². The molecule has 1 aliphatic heterocycles. The van der Waals surface area contributed by atoms with E-state index in [2.05, 4.69) is 17.5 Å². The highest BCUT2D eigenvalue weighted by atomic mass is 16.5. The summed E-state index contributed by atoms with van der Waals surface area (Å²) in [6, 6.07) is 6.06. The summed E-state index contributed by atoms with van der Waals surface area (Å²) in [5.74, 6) is 1.89. The molecule has 122 valence electrons. The molecule has 0 aliphatic carbocycles. The Hall–Kier alpha value is -1.52. The highest BCUT2D eigenvalue weighted by molar-refractivity contribution is 5.43. The molecule has 4 heteroatoms. The van der Waals surface area contributed by atoms with Gasteiger partial charge in [0.05, 0.1) is 13.2 Å². The lowest BCUT2D eigenvalue weighted by atomic mass is 10.0. The third kappa shape index (κ3) is 4.49. The fraction of sp³-hybridized carbons (Fsp3) is 0.556. The molecule has 0 bridgehead atoms. The molecule has 2 atom stereocenters. The van der Waals surface area contributed by atoms with Crippen molar-refractivity contribution >= 4 is 0 Å². The molecule has 1 aromatic rings. The number of likely N-dealkylation sites (tertiary alicyclic amines) is 1. The Morgan fingerprint density at radius 3 is 2.82 bits per heavy atom. The molecule has 22 heavy (non-hydrogen) atoms. The van der Waals surface area contributed by atoms with Crippen LogP contribution >= 0.6 is 0 Å². The first-order valence-corrected chi connectivity index (χ1v) is 7.84. The highest BCUT2D eigenvalue weighted by Gasteiger charge is 2.25. The van der Waals surface area contributed by atoms with E-state index in [0.717, 1.165) is 43.1 Å². The zero-order valence-electron chi connectivity index (χ0n) is 13.8. The Bertz CT molecular complexity index is 513. The first-order chi connectivity index (χ1) is 10.5. The molecule has 2 unspecified atom stereocenters. The number of ether oxygens (including phenoxy) is 2. The van der Waals surface area contributed by atoms with Crippen LogP contribution < -0.4 is 9.47 Å². The third-order valence-electron chi connectivity index (χ3n) is 4.10. The number of benzene rings is 1. The lowest BCUT2D eigenvalue weighted by molar-refractivity contribution is 0.127. The van der Waals surface area contributed by atoms with E-state index in [0.29, 0.717) is 12.5 Å². The molecule has 2 rings (SSSR count). The molecule has 1 aromatic carbocycles. The summed E-state index contributed by atoms with van der Waals surface area (Å²) in [6.07, 6.45) is 0.836. The average Bonchev–Trinajstić information content (AvgIpc) is 2.94. The molecule has 1 heterocycles. The summed E-state index contributed by atoms with van der Waals surface area (Å²) in [5.41, 5.74) is 2.18. The van der Waals surface area contributed by atoms with Crippen LogP contribution in [0.3, 0.4) is 0 Å². The molecule has 0 aromatic heterocycles. The molecular formula is C18H27NO3. The second kappa shape index (κ2) is 7.65. The SMILES string of the molecule is C=C(C)COc1cc(CN2CCC(C(C)O)C2)ccc1OC. The first kappa shape index (κ1) is 16.8. The van der Waals surface area contributed by atoms with Gasteiger partial charge in [-0.1, -0.05) is 12.6 Å². The highest BCUT2D eigenvalue weighted by Crippen LogP contribution is 2.30. The van der Waals surface area contributed by atoms with Gasteiger partial charge in [0, 0.05) is 13.1 Å². The Kier molecular flexibility index (Phi) is 5.86. The molecular weight excluding hydrogens is 278 g/mol. The molecule has 1 fully saturated rings. The van der Waals surface area contributed by atoms with Gasteiger partial charge in [-0.3, -0.25) is 4.90 Å². The van der Waals surface area contributed by atoms with E-state index < -0.39 is 0 Å². The molecule has 0 spiro atoms. The molecule has 1 saturated heterocycles. The predicted molar refractivity (Wildman–Crippen MR) is 88.4 cm³/mol. The number of rotatable bonds is 7. The lowest BCUT2D eigenvalue weighted by Crippen LogP contribution is -2.24. The second-order valence-corrected chi connectivity index (χ2v) is 6.26. The van der Waals surface area contributed by atoms with Gasteiger partial charge in [-0.05, 0) is 56.0 Å².